The number of allylic oxidation sites excluding steroid dienone is 12. The SMILES string of the molecule is CC/C=C\C/C=C\C/C=C\C/C=C\C/C=C\C/C=C\CCCCCCCCCCCCCCC(=O)OC(CO)COC(=O)CCCCCCCCCCCCCC. The van der Waals surface area contributed by atoms with Crippen LogP contribution in [0.15, 0.2) is 72.9 Å². The molecule has 5 nitrogen and oxygen atoms in total. The summed E-state index contributed by atoms with van der Waals surface area (Å²) in [6, 6.07) is 0. The fourth-order valence-electron chi connectivity index (χ4n) is 6.68. The van der Waals surface area contributed by atoms with Crippen LogP contribution in [0.5, 0.6) is 0 Å². The summed E-state index contributed by atoms with van der Waals surface area (Å²) in [6.45, 7) is 4.02. The quantitative estimate of drug-likeness (QED) is 0.0378. The van der Waals surface area contributed by atoms with Crippen LogP contribution < -0.4 is 0 Å². The Morgan fingerprint density at radius 3 is 1.14 bits per heavy atom. The molecule has 328 valence electrons. The Morgan fingerprint density at radius 1 is 0.421 bits per heavy atom. The van der Waals surface area contributed by atoms with E-state index in [0.717, 1.165) is 77.0 Å². The van der Waals surface area contributed by atoms with E-state index in [1.165, 1.54) is 122 Å². The van der Waals surface area contributed by atoms with E-state index in [0.29, 0.717) is 12.8 Å². The fourth-order valence-corrected chi connectivity index (χ4v) is 6.68. The van der Waals surface area contributed by atoms with E-state index in [1.54, 1.807) is 0 Å². The molecular weight excluding hydrogens is 705 g/mol. The lowest BCUT2D eigenvalue weighted by molar-refractivity contribution is -0.161. The van der Waals surface area contributed by atoms with Crippen LogP contribution in [-0.4, -0.2) is 36.4 Å². The van der Waals surface area contributed by atoms with Gasteiger partial charge in [-0.1, -0.05) is 222 Å². The summed E-state index contributed by atoms with van der Waals surface area (Å²) in [5, 5.41) is 9.59. The Kier molecular flexibility index (Phi) is 45.5. The minimum absolute atomic E-state index is 0.0658. The second-order valence-electron chi connectivity index (χ2n) is 15.8. The van der Waals surface area contributed by atoms with Gasteiger partial charge >= 0.3 is 11.9 Å². The maximum atomic E-state index is 12.2. The number of ether oxygens (including phenoxy) is 2. The number of aliphatic hydroxyl groups is 1. The van der Waals surface area contributed by atoms with Crippen molar-refractivity contribution in [2.75, 3.05) is 13.2 Å². The normalized spacial score (nSPS) is 12.8. The van der Waals surface area contributed by atoms with Gasteiger partial charge in [-0.2, -0.15) is 0 Å². The lowest BCUT2D eigenvalue weighted by atomic mass is 10.0. The number of carbonyl (C=O) groups excluding carboxylic acids is 2. The maximum Gasteiger partial charge on any atom is 0.306 e. The van der Waals surface area contributed by atoms with Crippen LogP contribution in [0.1, 0.15) is 226 Å². The average molecular weight is 795 g/mol. The third kappa shape index (κ3) is 45.9. The van der Waals surface area contributed by atoms with E-state index in [4.69, 9.17) is 9.47 Å². The van der Waals surface area contributed by atoms with Crippen molar-refractivity contribution in [3.63, 3.8) is 0 Å². The summed E-state index contributed by atoms with van der Waals surface area (Å²) in [6.07, 6.45) is 64.2. The molecule has 5 heteroatoms. The summed E-state index contributed by atoms with van der Waals surface area (Å²) in [4.78, 5) is 24.3. The first kappa shape index (κ1) is 54.3. The number of unbranched alkanes of at least 4 members (excludes halogenated alkanes) is 23. The Hall–Kier alpha value is -2.66. The number of carbonyl (C=O) groups is 2. The van der Waals surface area contributed by atoms with Crippen molar-refractivity contribution in [1.29, 1.82) is 0 Å². The van der Waals surface area contributed by atoms with Gasteiger partial charge in [0.15, 0.2) is 6.10 Å². The molecule has 0 bridgehead atoms. The Bertz CT molecular complexity index is 1040. The first-order valence-corrected chi connectivity index (χ1v) is 24.0. The van der Waals surface area contributed by atoms with Crippen molar-refractivity contribution in [2.24, 2.45) is 0 Å². The van der Waals surface area contributed by atoms with Gasteiger partial charge in [-0.05, 0) is 64.2 Å². The molecule has 0 radical (unpaired) electrons. The molecule has 0 saturated carbocycles. The lowest BCUT2D eigenvalue weighted by Crippen LogP contribution is -2.28. The predicted octanol–water partition coefficient (Wildman–Crippen LogP) is 15.7. The van der Waals surface area contributed by atoms with E-state index in [2.05, 4.69) is 86.8 Å². The van der Waals surface area contributed by atoms with Crippen molar-refractivity contribution in [2.45, 2.75) is 232 Å². The zero-order chi connectivity index (χ0) is 41.4. The van der Waals surface area contributed by atoms with Gasteiger partial charge in [0.2, 0.25) is 0 Å². The van der Waals surface area contributed by atoms with Crippen molar-refractivity contribution >= 4 is 11.9 Å². The summed E-state index contributed by atoms with van der Waals surface area (Å²) in [7, 11) is 0. The Morgan fingerprint density at radius 2 is 0.754 bits per heavy atom. The minimum atomic E-state index is -0.772. The Labute approximate surface area is 353 Å². The van der Waals surface area contributed by atoms with E-state index in [9.17, 15) is 14.7 Å². The molecular formula is C52H90O5. The molecule has 0 aliphatic carbocycles. The molecule has 1 N–H and O–H groups in total. The largest absolute Gasteiger partial charge is 0.462 e. The topological polar surface area (TPSA) is 72.8 Å². The van der Waals surface area contributed by atoms with E-state index in [1.807, 2.05) is 0 Å². The molecule has 0 aromatic heterocycles. The van der Waals surface area contributed by atoms with Gasteiger partial charge in [0.05, 0.1) is 6.61 Å². The van der Waals surface area contributed by atoms with Gasteiger partial charge in [-0.3, -0.25) is 9.59 Å². The minimum Gasteiger partial charge on any atom is -0.462 e. The highest BCUT2D eigenvalue weighted by Crippen LogP contribution is 2.15. The number of hydrogen-bond donors (Lipinski definition) is 1. The molecule has 0 aliphatic heterocycles. The second-order valence-corrected chi connectivity index (χ2v) is 15.8. The first-order chi connectivity index (χ1) is 28.1. The van der Waals surface area contributed by atoms with Gasteiger partial charge in [0.1, 0.15) is 6.61 Å². The van der Waals surface area contributed by atoms with E-state index < -0.39 is 6.10 Å². The molecule has 1 atom stereocenters. The van der Waals surface area contributed by atoms with Crippen molar-refractivity contribution in [1.82, 2.24) is 0 Å². The van der Waals surface area contributed by atoms with E-state index in [-0.39, 0.29) is 25.2 Å². The predicted molar refractivity (Wildman–Crippen MR) is 246 cm³/mol. The molecule has 0 saturated heterocycles. The molecule has 0 aromatic rings. The third-order valence-corrected chi connectivity index (χ3v) is 10.3. The van der Waals surface area contributed by atoms with Crippen molar-refractivity contribution < 1.29 is 24.2 Å². The van der Waals surface area contributed by atoms with Crippen LogP contribution in [0.4, 0.5) is 0 Å². The standard InChI is InChI=1S/C52H90O5/c1-3-5-7-9-11-13-15-17-18-19-20-21-22-23-24-25-26-27-28-29-30-31-32-33-34-35-37-39-41-43-45-47-52(55)57-50(48-53)49-56-51(54)46-44-42-40-38-36-16-14-12-10-8-6-4-2/h5,7,11,13,17-18,20-21,23-24,26-27,50,53H,3-4,6,8-10,12,14-16,19,22,25,28-49H2,1-2H3/b7-5-,13-11-,18-17-,21-20-,24-23-,27-26-. The van der Waals surface area contributed by atoms with Crippen molar-refractivity contribution in [3.05, 3.63) is 72.9 Å². The van der Waals surface area contributed by atoms with E-state index >= 15 is 0 Å². The van der Waals surface area contributed by atoms with Crippen LogP contribution in [0.3, 0.4) is 0 Å². The lowest BCUT2D eigenvalue weighted by Gasteiger charge is -2.15. The van der Waals surface area contributed by atoms with Crippen LogP contribution >= 0.6 is 0 Å². The zero-order valence-electron chi connectivity index (χ0n) is 37.3. The molecule has 0 amide bonds. The van der Waals surface area contributed by atoms with Gasteiger partial charge in [-0.25, -0.2) is 0 Å². The summed E-state index contributed by atoms with van der Waals surface area (Å²) in [5.74, 6) is -0.590. The zero-order valence-corrected chi connectivity index (χ0v) is 37.3. The van der Waals surface area contributed by atoms with Gasteiger partial charge in [0, 0.05) is 12.8 Å². The number of aliphatic hydroxyl groups excluding tert-OH is 1. The maximum absolute atomic E-state index is 12.2. The molecule has 0 aliphatic rings. The Balaban J connectivity index is 3.52. The number of esters is 2. The van der Waals surface area contributed by atoms with Crippen LogP contribution in [0, 0.1) is 0 Å². The van der Waals surface area contributed by atoms with Gasteiger partial charge in [-0.15, -0.1) is 0 Å². The molecule has 57 heavy (non-hydrogen) atoms. The number of hydrogen-bond acceptors (Lipinski definition) is 5. The summed E-state index contributed by atoms with van der Waals surface area (Å²) < 4.78 is 10.6. The molecule has 0 rings (SSSR count). The highest BCUT2D eigenvalue weighted by atomic mass is 16.6. The first-order valence-electron chi connectivity index (χ1n) is 24.0. The van der Waals surface area contributed by atoms with Crippen molar-refractivity contribution in [3.8, 4) is 0 Å². The van der Waals surface area contributed by atoms with Gasteiger partial charge in [0.25, 0.3) is 0 Å². The third-order valence-electron chi connectivity index (χ3n) is 10.3. The average Bonchev–Trinajstić information content (AvgIpc) is 3.21. The molecule has 0 heterocycles. The summed E-state index contributed by atoms with van der Waals surface area (Å²) in [5.41, 5.74) is 0. The molecule has 0 spiro atoms. The van der Waals surface area contributed by atoms with Crippen LogP contribution in [0.2, 0.25) is 0 Å². The highest BCUT2D eigenvalue weighted by Gasteiger charge is 2.16. The highest BCUT2D eigenvalue weighted by molar-refractivity contribution is 5.70. The van der Waals surface area contributed by atoms with Crippen LogP contribution in [0.25, 0.3) is 0 Å². The number of rotatable bonds is 43. The van der Waals surface area contributed by atoms with Gasteiger partial charge < -0.3 is 14.6 Å². The smallest absolute Gasteiger partial charge is 0.306 e. The van der Waals surface area contributed by atoms with Crippen LogP contribution in [-0.2, 0) is 19.1 Å². The molecule has 0 aromatic carbocycles. The molecule has 0 fully saturated rings. The molecule has 1 unspecified atom stereocenters. The second kappa shape index (κ2) is 47.7. The fraction of sp³-hybridized carbons (Fsp3) is 0.731. The monoisotopic (exact) mass is 795 g/mol. The summed E-state index contributed by atoms with van der Waals surface area (Å²) >= 11 is 0.